The monoisotopic (exact) mass is 382 g/mol. The van der Waals surface area contributed by atoms with Gasteiger partial charge in [-0.3, -0.25) is 4.79 Å². The molecule has 1 rings (SSSR count). The maximum atomic E-state index is 12.1. The summed E-state index contributed by atoms with van der Waals surface area (Å²) in [6.07, 6.45) is 0. The van der Waals surface area contributed by atoms with Gasteiger partial charge < -0.3 is 10.6 Å². The highest BCUT2D eigenvalue weighted by atomic mass is 127. The molecule has 3 nitrogen and oxygen atoms in total. The Morgan fingerprint density at radius 3 is 2.28 bits per heavy atom. The molecule has 0 heterocycles. The molecule has 0 atom stereocenters. The summed E-state index contributed by atoms with van der Waals surface area (Å²) in [5.74, 6) is 0.0444. The van der Waals surface area contributed by atoms with Gasteiger partial charge in [0.05, 0.1) is 0 Å². The van der Waals surface area contributed by atoms with Crippen molar-refractivity contribution in [2.75, 3.05) is 20.1 Å². The lowest BCUT2D eigenvalue weighted by molar-refractivity contribution is 0.0740. The van der Waals surface area contributed by atoms with Gasteiger partial charge in [0.15, 0.2) is 0 Å². The molecule has 0 spiro atoms. The molecule has 0 aromatic heterocycles. The molecule has 18 heavy (non-hydrogen) atoms. The maximum absolute atomic E-state index is 12.1. The van der Waals surface area contributed by atoms with Gasteiger partial charge >= 0.3 is 0 Å². The van der Waals surface area contributed by atoms with Crippen LogP contribution in [0.3, 0.4) is 0 Å². The molecular weight excluding hydrogens is 363 g/mol. The molecule has 0 aliphatic heterocycles. The van der Waals surface area contributed by atoms with Crippen LogP contribution in [0.4, 0.5) is 0 Å². The number of benzene rings is 1. The Kier molecular flexibility index (Phi) is 7.17. The van der Waals surface area contributed by atoms with Crippen LogP contribution >= 0.6 is 35.0 Å². The summed E-state index contributed by atoms with van der Waals surface area (Å²) in [4.78, 5) is 13.9. The van der Waals surface area contributed by atoms with E-state index in [1.54, 1.807) is 4.90 Å². The highest BCUT2D eigenvalue weighted by molar-refractivity contribution is 14.1. The molecule has 1 aromatic carbocycles. The van der Waals surface area contributed by atoms with Gasteiger partial charge in [-0.2, -0.15) is 0 Å². The molecular formula is C13H20ClIN2O. The summed E-state index contributed by atoms with van der Waals surface area (Å²) in [5.41, 5.74) is 6.35. The third-order valence-electron chi connectivity index (χ3n) is 2.66. The number of hydrogen-bond donors (Lipinski definition) is 1. The second kappa shape index (κ2) is 7.31. The Morgan fingerprint density at radius 1 is 1.33 bits per heavy atom. The number of nitrogens with two attached hydrogens (primary N) is 1. The van der Waals surface area contributed by atoms with Gasteiger partial charge in [0.2, 0.25) is 0 Å². The van der Waals surface area contributed by atoms with Crippen molar-refractivity contribution in [1.82, 2.24) is 4.90 Å². The predicted octanol–water partition coefficient (Wildman–Crippen LogP) is 2.77. The van der Waals surface area contributed by atoms with Crippen LogP contribution in [-0.2, 0) is 0 Å². The molecule has 0 fully saturated rings. The number of rotatable bonds is 4. The third kappa shape index (κ3) is 5.12. The lowest BCUT2D eigenvalue weighted by Gasteiger charge is -2.29. The van der Waals surface area contributed by atoms with Crippen molar-refractivity contribution in [3.63, 3.8) is 0 Å². The van der Waals surface area contributed by atoms with E-state index in [4.69, 9.17) is 5.73 Å². The highest BCUT2D eigenvalue weighted by Crippen LogP contribution is 2.16. The quantitative estimate of drug-likeness (QED) is 0.814. The molecule has 0 saturated carbocycles. The van der Waals surface area contributed by atoms with Gasteiger partial charge in [-0.25, -0.2) is 0 Å². The smallest absolute Gasteiger partial charge is 0.253 e. The summed E-state index contributed by atoms with van der Waals surface area (Å²) in [6, 6.07) is 7.59. The Balaban J connectivity index is 0.00000289. The van der Waals surface area contributed by atoms with Crippen molar-refractivity contribution in [2.45, 2.75) is 13.8 Å². The van der Waals surface area contributed by atoms with Crippen molar-refractivity contribution < 1.29 is 4.79 Å². The fraction of sp³-hybridized carbons (Fsp3) is 0.462. The summed E-state index contributed by atoms with van der Waals surface area (Å²) in [7, 11) is 1.82. The predicted molar refractivity (Wildman–Crippen MR) is 86.2 cm³/mol. The second-order valence-electron chi connectivity index (χ2n) is 5.04. The van der Waals surface area contributed by atoms with Crippen LogP contribution in [0.5, 0.6) is 0 Å². The number of carbonyl (C=O) groups is 1. The average Bonchev–Trinajstić information content (AvgIpc) is 2.28. The largest absolute Gasteiger partial charge is 0.341 e. The number of nitrogens with zero attached hydrogens (tertiary/aromatic N) is 1. The molecule has 0 aliphatic rings. The van der Waals surface area contributed by atoms with E-state index in [1.165, 1.54) is 0 Å². The van der Waals surface area contributed by atoms with Gasteiger partial charge in [-0.1, -0.05) is 13.8 Å². The molecule has 0 radical (unpaired) electrons. The molecule has 102 valence electrons. The first-order valence-corrected chi connectivity index (χ1v) is 6.65. The zero-order valence-corrected chi connectivity index (χ0v) is 13.9. The van der Waals surface area contributed by atoms with E-state index < -0.39 is 0 Å². The van der Waals surface area contributed by atoms with Crippen molar-refractivity contribution >= 4 is 40.9 Å². The Labute approximate surface area is 129 Å². The average molecular weight is 383 g/mol. The van der Waals surface area contributed by atoms with Crippen molar-refractivity contribution in [1.29, 1.82) is 0 Å². The van der Waals surface area contributed by atoms with Crippen LogP contribution in [0.2, 0.25) is 0 Å². The van der Waals surface area contributed by atoms with Crippen LogP contribution in [0.25, 0.3) is 0 Å². The first kappa shape index (κ1) is 17.7. The molecule has 0 saturated heterocycles. The molecule has 1 amide bonds. The van der Waals surface area contributed by atoms with E-state index in [0.717, 1.165) is 9.13 Å². The van der Waals surface area contributed by atoms with E-state index >= 15 is 0 Å². The molecule has 1 aromatic rings. The normalized spacial score (nSPS) is 10.7. The van der Waals surface area contributed by atoms with Gasteiger partial charge in [0.1, 0.15) is 0 Å². The first-order valence-electron chi connectivity index (χ1n) is 5.57. The maximum Gasteiger partial charge on any atom is 0.253 e. The highest BCUT2D eigenvalue weighted by Gasteiger charge is 2.21. The number of hydrogen-bond acceptors (Lipinski definition) is 2. The Morgan fingerprint density at radius 2 is 1.83 bits per heavy atom. The summed E-state index contributed by atoms with van der Waals surface area (Å²) < 4.78 is 1.13. The Hall–Kier alpha value is -0.330. The van der Waals surface area contributed by atoms with E-state index in [2.05, 4.69) is 36.4 Å². The van der Waals surface area contributed by atoms with E-state index in [1.807, 2.05) is 31.3 Å². The molecule has 0 bridgehead atoms. The van der Waals surface area contributed by atoms with Crippen molar-refractivity contribution in [3.05, 3.63) is 33.4 Å². The minimum Gasteiger partial charge on any atom is -0.341 e. The fourth-order valence-electron chi connectivity index (χ4n) is 1.59. The van der Waals surface area contributed by atoms with Crippen LogP contribution in [0.1, 0.15) is 24.2 Å². The number of amides is 1. The van der Waals surface area contributed by atoms with Gasteiger partial charge in [-0.15, -0.1) is 12.4 Å². The van der Waals surface area contributed by atoms with Crippen LogP contribution in [0.15, 0.2) is 24.3 Å². The van der Waals surface area contributed by atoms with Crippen LogP contribution < -0.4 is 5.73 Å². The summed E-state index contributed by atoms with van der Waals surface area (Å²) in [6.45, 7) is 5.35. The lowest BCUT2D eigenvalue weighted by atomic mass is 9.93. The zero-order valence-electron chi connectivity index (χ0n) is 10.9. The van der Waals surface area contributed by atoms with E-state index in [-0.39, 0.29) is 23.7 Å². The van der Waals surface area contributed by atoms with Crippen LogP contribution in [-0.4, -0.2) is 30.9 Å². The summed E-state index contributed by atoms with van der Waals surface area (Å²) >= 11 is 2.22. The van der Waals surface area contributed by atoms with Crippen molar-refractivity contribution in [3.8, 4) is 0 Å². The van der Waals surface area contributed by atoms with E-state index in [0.29, 0.717) is 13.1 Å². The van der Waals surface area contributed by atoms with Gasteiger partial charge in [-0.05, 0) is 58.8 Å². The van der Waals surface area contributed by atoms with Crippen molar-refractivity contribution in [2.24, 2.45) is 11.1 Å². The standard InChI is InChI=1S/C13H19IN2O.ClH/c1-13(2,8-15)9-16(3)12(17)10-4-6-11(14)7-5-10;/h4-7H,8-9,15H2,1-3H3;1H. The third-order valence-corrected chi connectivity index (χ3v) is 3.37. The second-order valence-corrected chi connectivity index (χ2v) is 6.28. The fourth-order valence-corrected chi connectivity index (χ4v) is 1.95. The topological polar surface area (TPSA) is 46.3 Å². The molecule has 5 heteroatoms. The Bertz CT molecular complexity index is 392. The minimum atomic E-state index is -0.0480. The molecule has 0 unspecified atom stereocenters. The lowest BCUT2D eigenvalue weighted by Crippen LogP contribution is -2.39. The number of halogens is 2. The van der Waals surface area contributed by atoms with E-state index in [9.17, 15) is 4.79 Å². The number of carbonyl (C=O) groups excluding carboxylic acids is 1. The van der Waals surface area contributed by atoms with Crippen LogP contribution in [0, 0.1) is 8.99 Å². The van der Waals surface area contributed by atoms with Gasteiger partial charge in [0.25, 0.3) is 5.91 Å². The SMILES string of the molecule is CN(CC(C)(C)CN)C(=O)c1ccc(I)cc1.Cl. The minimum absolute atomic E-state index is 0. The molecule has 2 N–H and O–H groups in total. The molecule has 0 aliphatic carbocycles. The van der Waals surface area contributed by atoms with Gasteiger partial charge in [0, 0.05) is 22.7 Å². The summed E-state index contributed by atoms with van der Waals surface area (Å²) in [5, 5.41) is 0. The zero-order chi connectivity index (χ0) is 13.1. The first-order chi connectivity index (χ1) is 7.85.